The highest BCUT2D eigenvalue weighted by molar-refractivity contribution is 7.89. The zero-order valence-corrected chi connectivity index (χ0v) is 17.5. The van der Waals surface area contributed by atoms with Gasteiger partial charge in [-0.25, -0.2) is 17.1 Å². The smallest absolute Gasteiger partial charge is 0.242 e. The maximum absolute atomic E-state index is 14.2. The fourth-order valence-electron chi connectivity index (χ4n) is 3.11. The van der Waals surface area contributed by atoms with E-state index in [4.69, 9.17) is 4.74 Å². The van der Waals surface area contributed by atoms with E-state index in [0.717, 1.165) is 20.9 Å². The zero-order valence-electron chi connectivity index (χ0n) is 16.7. The Kier molecular flexibility index (Phi) is 6.07. The fraction of sp³-hybridized carbons (Fsp3) is 0.238. The molecule has 29 heavy (non-hydrogen) atoms. The summed E-state index contributed by atoms with van der Waals surface area (Å²) in [6.07, 6.45) is 1.46. The van der Waals surface area contributed by atoms with Crippen molar-refractivity contribution in [3.63, 3.8) is 0 Å². The zero-order chi connectivity index (χ0) is 21.2. The van der Waals surface area contributed by atoms with Crippen molar-refractivity contribution in [2.75, 3.05) is 20.6 Å². The summed E-state index contributed by atoms with van der Waals surface area (Å²) in [5.41, 5.74) is 5.29. The Morgan fingerprint density at radius 3 is 2.45 bits per heavy atom. The van der Waals surface area contributed by atoms with E-state index in [-0.39, 0.29) is 17.3 Å². The Balaban J connectivity index is 1.99. The first-order valence-corrected chi connectivity index (χ1v) is 10.6. The van der Waals surface area contributed by atoms with Crippen molar-refractivity contribution < 1.29 is 23.3 Å². The van der Waals surface area contributed by atoms with Gasteiger partial charge < -0.3 is 15.0 Å². The van der Waals surface area contributed by atoms with E-state index in [0.29, 0.717) is 18.0 Å². The molecule has 0 atom stereocenters. The van der Waals surface area contributed by atoms with Gasteiger partial charge in [0.25, 0.3) is 0 Å². The second-order valence-electron chi connectivity index (χ2n) is 6.82. The van der Waals surface area contributed by atoms with Crippen molar-refractivity contribution in [2.45, 2.75) is 18.4 Å². The van der Waals surface area contributed by atoms with Crippen LogP contribution in [0.5, 0.6) is 11.5 Å². The Bertz CT molecular complexity index is 1150. The largest absolute Gasteiger partial charge is 0.455 e. The summed E-state index contributed by atoms with van der Waals surface area (Å²) < 4.78 is 47.7. The Labute approximate surface area is 170 Å². The van der Waals surface area contributed by atoms with Crippen molar-refractivity contribution in [2.24, 2.45) is 0 Å². The Morgan fingerprint density at radius 1 is 1.17 bits per heavy atom. The number of para-hydroxylation sites is 1. The van der Waals surface area contributed by atoms with Crippen molar-refractivity contribution in [1.82, 2.24) is 8.87 Å². The monoisotopic (exact) mass is 418 g/mol. The molecule has 3 rings (SSSR count). The third-order valence-electron chi connectivity index (χ3n) is 4.67. The second-order valence-corrected chi connectivity index (χ2v) is 8.97. The first-order valence-electron chi connectivity index (χ1n) is 9.17. The van der Waals surface area contributed by atoms with Gasteiger partial charge in [0, 0.05) is 25.6 Å². The minimum atomic E-state index is -3.50. The van der Waals surface area contributed by atoms with E-state index in [9.17, 15) is 12.8 Å². The van der Waals surface area contributed by atoms with Crippen LogP contribution < -0.4 is 10.5 Å². The molecular weight excluding hydrogens is 393 g/mol. The lowest BCUT2D eigenvalue weighted by atomic mass is 10.2. The third kappa shape index (κ3) is 4.19. The number of nitrogens with zero attached hydrogens (tertiary/aromatic N) is 2. The van der Waals surface area contributed by atoms with Gasteiger partial charge in [-0.15, -0.1) is 0 Å². The van der Waals surface area contributed by atoms with Gasteiger partial charge in [-0.3, -0.25) is 0 Å². The number of allylic oxidation sites excluding steroid dienone is 1. The van der Waals surface area contributed by atoms with Crippen molar-refractivity contribution in [3.8, 4) is 11.5 Å². The lowest BCUT2D eigenvalue weighted by Gasteiger charge is -2.12. The first-order chi connectivity index (χ1) is 13.8. The number of rotatable bonds is 7. The molecule has 0 spiro atoms. The van der Waals surface area contributed by atoms with Crippen LogP contribution in [0, 0.1) is 6.92 Å². The SMILES string of the molecule is Cc1c(Oc2ccc(S(=O)(=O)N(C)C)cc2)c2ccccc2n1C/C(F)=C/C[NH3+]. The van der Waals surface area contributed by atoms with Crippen LogP contribution in [0.4, 0.5) is 4.39 Å². The van der Waals surface area contributed by atoms with E-state index >= 15 is 0 Å². The van der Waals surface area contributed by atoms with Crippen LogP contribution in [0.1, 0.15) is 5.69 Å². The summed E-state index contributed by atoms with van der Waals surface area (Å²) in [5.74, 6) is 0.863. The molecule has 0 fully saturated rings. The van der Waals surface area contributed by atoms with E-state index in [2.05, 4.69) is 5.73 Å². The van der Waals surface area contributed by atoms with Gasteiger partial charge in [0.1, 0.15) is 11.6 Å². The molecule has 8 heteroatoms. The molecule has 0 amide bonds. The molecule has 2 aromatic carbocycles. The molecule has 154 valence electrons. The van der Waals surface area contributed by atoms with E-state index < -0.39 is 10.0 Å². The van der Waals surface area contributed by atoms with Crippen molar-refractivity contribution in [1.29, 1.82) is 0 Å². The molecule has 0 bridgehead atoms. The molecule has 0 aliphatic heterocycles. The number of aromatic nitrogens is 1. The fourth-order valence-corrected chi connectivity index (χ4v) is 4.01. The van der Waals surface area contributed by atoms with Crippen LogP contribution >= 0.6 is 0 Å². The van der Waals surface area contributed by atoms with Crippen LogP contribution in [0.15, 0.2) is 65.3 Å². The lowest BCUT2D eigenvalue weighted by molar-refractivity contribution is -0.353. The van der Waals surface area contributed by atoms with Crippen LogP contribution in [0.2, 0.25) is 0 Å². The van der Waals surface area contributed by atoms with Gasteiger partial charge in [0.2, 0.25) is 10.0 Å². The number of fused-ring (bicyclic) bond motifs is 1. The Morgan fingerprint density at radius 2 is 1.83 bits per heavy atom. The summed E-state index contributed by atoms with van der Waals surface area (Å²) in [6.45, 7) is 2.36. The number of halogens is 1. The van der Waals surface area contributed by atoms with Crippen LogP contribution in [-0.2, 0) is 16.6 Å². The molecule has 3 N–H and O–H groups in total. The molecule has 0 saturated heterocycles. The van der Waals surface area contributed by atoms with Crippen LogP contribution in [0.25, 0.3) is 10.9 Å². The van der Waals surface area contributed by atoms with Crippen molar-refractivity contribution >= 4 is 20.9 Å². The average molecular weight is 419 g/mol. The standard InChI is InChI=1S/C21H24FN3O3S/c1-15-21(28-17-8-10-18(11-9-17)29(26,27)24(2)3)19-6-4-5-7-20(19)25(15)14-16(22)12-13-23/h4-12H,13-14,23H2,1-3H3/p+1/b16-12-. The molecule has 1 heterocycles. The number of benzene rings is 2. The summed E-state index contributed by atoms with van der Waals surface area (Å²) >= 11 is 0. The molecule has 3 aromatic rings. The number of hydrogen-bond acceptors (Lipinski definition) is 3. The summed E-state index contributed by atoms with van der Waals surface area (Å²) in [6, 6.07) is 13.9. The van der Waals surface area contributed by atoms with Crippen LogP contribution in [0.3, 0.4) is 0 Å². The van der Waals surface area contributed by atoms with Crippen molar-refractivity contribution in [3.05, 3.63) is 66.1 Å². The molecule has 0 aliphatic rings. The predicted molar refractivity (Wildman–Crippen MR) is 111 cm³/mol. The summed E-state index contributed by atoms with van der Waals surface area (Å²) in [4.78, 5) is 0.189. The molecule has 0 aliphatic carbocycles. The van der Waals surface area contributed by atoms with Gasteiger partial charge >= 0.3 is 0 Å². The Hall–Kier alpha value is -2.68. The highest BCUT2D eigenvalue weighted by Gasteiger charge is 2.19. The van der Waals surface area contributed by atoms with Gasteiger partial charge in [-0.1, -0.05) is 12.1 Å². The highest BCUT2D eigenvalue weighted by Crippen LogP contribution is 2.36. The maximum atomic E-state index is 14.2. The first kappa shape index (κ1) is 21.0. The van der Waals surface area contributed by atoms with E-state index in [1.165, 1.54) is 32.3 Å². The molecule has 6 nitrogen and oxygen atoms in total. The molecule has 0 unspecified atom stereocenters. The third-order valence-corrected chi connectivity index (χ3v) is 6.50. The molecular formula is C21H25FN3O3S+. The van der Waals surface area contributed by atoms with Gasteiger partial charge in [0.15, 0.2) is 5.75 Å². The minimum absolute atomic E-state index is 0.102. The number of quaternary nitrogens is 1. The highest BCUT2D eigenvalue weighted by atomic mass is 32.2. The number of ether oxygens (including phenoxy) is 1. The van der Waals surface area contributed by atoms with Gasteiger partial charge in [-0.2, -0.15) is 0 Å². The topological polar surface area (TPSA) is 79.2 Å². The van der Waals surface area contributed by atoms with Crippen LogP contribution in [-0.4, -0.2) is 37.9 Å². The second kappa shape index (κ2) is 8.36. The summed E-state index contributed by atoms with van der Waals surface area (Å²) in [7, 11) is -0.531. The minimum Gasteiger partial charge on any atom is -0.455 e. The van der Waals surface area contributed by atoms with Gasteiger partial charge in [0.05, 0.1) is 29.2 Å². The van der Waals surface area contributed by atoms with E-state index in [1.54, 1.807) is 12.1 Å². The maximum Gasteiger partial charge on any atom is 0.242 e. The predicted octanol–water partition coefficient (Wildman–Crippen LogP) is 3.09. The van der Waals surface area contributed by atoms with E-state index in [1.807, 2.05) is 35.8 Å². The lowest BCUT2D eigenvalue weighted by Crippen LogP contribution is -2.49. The average Bonchev–Trinajstić information content (AvgIpc) is 2.94. The molecule has 0 saturated carbocycles. The molecule has 0 radical (unpaired) electrons. The number of hydrogen-bond donors (Lipinski definition) is 1. The quantitative estimate of drug-likeness (QED) is 0.640. The molecule has 1 aromatic heterocycles. The normalized spacial score (nSPS) is 12.7. The van der Waals surface area contributed by atoms with Gasteiger partial charge in [-0.05, 0) is 43.3 Å². The summed E-state index contributed by atoms with van der Waals surface area (Å²) in [5, 5.41) is 0.859. The number of sulfonamides is 1.